The van der Waals surface area contributed by atoms with Gasteiger partial charge in [-0.3, -0.25) is 0 Å². The monoisotopic (exact) mass is 276 g/mol. The highest BCUT2D eigenvalue weighted by atomic mass is 35.5. The number of nitrogens with one attached hydrogen (secondary N) is 1. The highest BCUT2D eigenvalue weighted by Crippen LogP contribution is 2.30. The zero-order valence-electron chi connectivity index (χ0n) is 9.33. The van der Waals surface area contributed by atoms with E-state index in [1.165, 1.54) is 0 Å². The summed E-state index contributed by atoms with van der Waals surface area (Å²) in [6.45, 7) is 1.71. The van der Waals surface area contributed by atoms with E-state index in [0.717, 1.165) is 12.1 Å². The van der Waals surface area contributed by atoms with Crippen molar-refractivity contribution in [2.24, 2.45) is 5.73 Å². The number of ether oxygens (including phenoxy) is 2. The average molecular weight is 277 g/mol. The van der Waals surface area contributed by atoms with E-state index in [2.05, 4.69) is 4.74 Å². The summed E-state index contributed by atoms with van der Waals surface area (Å²) in [6, 6.07) is 0.944. The molecule has 0 saturated carbocycles. The van der Waals surface area contributed by atoms with E-state index < -0.39 is 18.0 Å². The Morgan fingerprint density at radius 2 is 2.17 bits per heavy atom. The fourth-order valence-corrected chi connectivity index (χ4v) is 1.26. The van der Waals surface area contributed by atoms with Crippen LogP contribution in [0.4, 0.5) is 19.7 Å². The van der Waals surface area contributed by atoms with Crippen molar-refractivity contribution in [3.63, 3.8) is 0 Å². The van der Waals surface area contributed by atoms with Gasteiger partial charge in [-0.05, 0) is 13.0 Å². The van der Waals surface area contributed by atoms with Crippen molar-refractivity contribution in [1.82, 2.24) is 0 Å². The van der Waals surface area contributed by atoms with Crippen LogP contribution in [0.15, 0.2) is 12.1 Å². The molecule has 98 valence electrons. The maximum absolute atomic E-state index is 13.3. The lowest BCUT2D eigenvalue weighted by Gasteiger charge is -2.09. The second kappa shape index (κ2) is 6.06. The Morgan fingerprint density at radius 3 is 2.72 bits per heavy atom. The van der Waals surface area contributed by atoms with Gasteiger partial charge in [-0.1, -0.05) is 11.6 Å². The number of hydrogen-bond donors (Lipinski definition) is 2. The lowest BCUT2D eigenvalue weighted by molar-refractivity contribution is 0.104. The maximum Gasteiger partial charge on any atom is 0.513 e. The van der Waals surface area contributed by atoms with Crippen LogP contribution in [0.1, 0.15) is 6.92 Å². The Morgan fingerprint density at radius 1 is 1.50 bits per heavy atom. The summed E-state index contributed by atoms with van der Waals surface area (Å²) < 4.78 is 22.6. The normalized spacial score (nSPS) is 9.72. The molecule has 0 aliphatic rings. The molecule has 0 bridgehead atoms. The second-order valence-electron chi connectivity index (χ2n) is 3.04. The molecule has 0 saturated heterocycles. The van der Waals surface area contributed by atoms with Gasteiger partial charge in [0.1, 0.15) is 5.82 Å². The minimum Gasteiger partial charge on any atom is -0.434 e. The van der Waals surface area contributed by atoms with Crippen LogP contribution >= 0.6 is 11.6 Å². The molecule has 0 aliphatic heterocycles. The number of carbonyl (C=O) groups is 2. The Hall–Kier alpha value is -2.02. The molecule has 18 heavy (non-hydrogen) atoms. The van der Waals surface area contributed by atoms with Crippen molar-refractivity contribution in [1.29, 1.82) is 0 Å². The molecular formula is C10H10ClFN2O4. The Balaban J connectivity index is 2.97. The number of hydrogen-bond acceptors (Lipinski definition) is 4. The number of carbonyl (C=O) groups excluding carboxylic acids is 2. The molecule has 0 aliphatic carbocycles. The highest BCUT2D eigenvalue weighted by molar-refractivity contribution is 6.32. The maximum atomic E-state index is 13.3. The van der Waals surface area contributed by atoms with Gasteiger partial charge < -0.3 is 20.5 Å². The fourth-order valence-electron chi connectivity index (χ4n) is 1.07. The average Bonchev–Trinajstić information content (AvgIpc) is 2.24. The molecule has 0 fully saturated rings. The van der Waals surface area contributed by atoms with Crippen molar-refractivity contribution in [2.45, 2.75) is 6.92 Å². The molecule has 0 spiro atoms. The summed E-state index contributed by atoms with van der Waals surface area (Å²) in [4.78, 5) is 21.7. The molecular weight excluding hydrogens is 267 g/mol. The molecule has 8 heteroatoms. The minimum absolute atomic E-state index is 0.115. The van der Waals surface area contributed by atoms with E-state index in [1.54, 1.807) is 6.92 Å². The molecule has 3 N–H and O–H groups in total. The van der Waals surface area contributed by atoms with E-state index in [-0.39, 0.29) is 23.1 Å². The molecule has 1 aromatic carbocycles. The van der Waals surface area contributed by atoms with Gasteiger partial charge in [-0.15, -0.1) is 0 Å². The van der Waals surface area contributed by atoms with Gasteiger partial charge >= 0.3 is 12.2 Å². The van der Waals surface area contributed by atoms with Gasteiger partial charge in [0.15, 0.2) is 5.75 Å². The van der Waals surface area contributed by atoms with Gasteiger partial charge in [0.05, 0.1) is 17.3 Å². The van der Waals surface area contributed by atoms with Crippen LogP contribution in [0.2, 0.25) is 5.02 Å². The van der Waals surface area contributed by atoms with Crippen LogP contribution in [-0.4, -0.2) is 18.8 Å². The Bertz CT molecular complexity index is 481. The molecule has 6 nitrogen and oxygen atoms in total. The number of halogens is 2. The zero-order chi connectivity index (χ0) is 13.7. The molecule has 0 aromatic heterocycles. The number of rotatable bonds is 3. The summed E-state index contributed by atoms with van der Waals surface area (Å²) in [5.74, 6) is -0.963. The first-order valence-corrected chi connectivity index (χ1v) is 5.22. The van der Waals surface area contributed by atoms with Gasteiger partial charge in [0, 0.05) is 6.07 Å². The lowest BCUT2D eigenvalue weighted by atomic mass is 10.3. The predicted molar refractivity (Wildman–Crippen MR) is 62.3 cm³/mol. The number of urea groups is 1. The van der Waals surface area contributed by atoms with Crippen molar-refractivity contribution in [3.05, 3.63) is 23.0 Å². The van der Waals surface area contributed by atoms with Gasteiger partial charge in [-0.2, -0.15) is 0 Å². The molecule has 1 aromatic rings. The van der Waals surface area contributed by atoms with E-state index >= 15 is 0 Å². The summed E-state index contributed by atoms with van der Waals surface area (Å²) >= 11 is 5.67. The van der Waals surface area contributed by atoms with Gasteiger partial charge in [0.25, 0.3) is 0 Å². The van der Waals surface area contributed by atoms with Gasteiger partial charge in [-0.25, -0.2) is 14.0 Å². The highest BCUT2D eigenvalue weighted by Gasteiger charge is 2.14. The predicted octanol–water partition coefficient (Wildman–Crippen LogP) is 2.50. The minimum atomic E-state index is -0.990. The number of primary amides is 1. The number of amides is 2. The van der Waals surface area contributed by atoms with Crippen LogP contribution in [0, 0.1) is 5.82 Å². The van der Waals surface area contributed by atoms with Crippen LogP contribution < -0.4 is 15.8 Å². The summed E-state index contributed by atoms with van der Waals surface area (Å²) in [7, 11) is 0. The van der Waals surface area contributed by atoms with Crippen molar-refractivity contribution in [3.8, 4) is 5.75 Å². The van der Waals surface area contributed by atoms with Crippen molar-refractivity contribution in [2.75, 3.05) is 11.9 Å². The summed E-state index contributed by atoms with van der Waals surface area (Å²) in [5, 5.41) is 1.88. The van der Waals surface area contributed by atoms with Crippen molar-refractivity contribution >= 4 is 29.5 Å². The first-order valence-electron chi connectivity index (χ1n) is 4.84. The van der Waals surface area contributed by atoms with E-state index in [0.29, 0.717) is 0 Å². The number of anilines is 1. The van der Waals surface area contributed by atoms with Crippen LogP contribution in [0.5, 0.6) is 5.75 Å². The SMILES string of the molecule is CCOC(=O)Oc1cc(NC(N)=O)c(F)cc1Cl. The first kappa shape index (κ1) is 14.0. The lowest BCUT2D eigenvalue weighted by Crippen LogP contribution is -2.20. The number of nitrogens with two attached hydrogens (primary N) is 1. The third-order valence-corrected chi connectivity index (χ3v) is 2.03. The van der Waals surface area contributed by atoms with Crippen LogP contribution in [0.3, 0.4) is 0 Å². The van der Waals surface area contributed by atoms with Crippen molar-refractivity contribution < 1.29 is 23.5 Å². The van der Waals surface area contributed by atoms with E-state index in [1.807, 2.05) is 5.32 Å². The standard InChI is InChI=1S/C10H10ClFN2O4/c1-2-17-10(16)18-8-4-7(14-9(13)15)6(12)3-5(8)11/h3-4H,2H2,1H3,(H3,13,14,15). The number of benzene rings is 1. The molecule has 0 heterocycles. The van der Waals surface area contributed by atoms with Crippen LogP contribution in [0.25, 0.3) is 0 Å². The Kier molecular flexibility index (Phi) is 4.73. The third kappa shape index (κ3) is 3.77. The molecule has 0 unspecified atom stereocenters. The quantitative estimate of drug-likeness (QED) is 0.655. The summed E-state index contributed by atoms with van der Waals surface area (Å²) in [5.41, 5.74) is 4.59. The molecule has 0 atom stereocenters. The van der Waals surface area contributed by atoms with E-state index in [4.69, 9.17) is 22.1 Å². The topological polar surface area (TPSA) is 90.7 Å². The smallest absolute Gasteiger partial charge is 0.434 e. The first-order chi connectivity index (χ1) is 8.43. The van der Waals surface area contributed by atoms with Crippen LogP contribution in [-0.2, 0) is 4.74 Å². The van der Waals surface area contributed by atoms with E-state index in [9.17, 15) is 14.0 Å². The molecule has 0 radical (unpaired) electrons. The van der Waals surface area contributed by atoms with Gasteiger partial charge in [0.2, 0.25) is 0 Å². The Labute approximate surface area is 107 Å². The zero-order valence-corrected chi connectivity index (χ0v) is 10.1. The molecule has 1 rings (SSSR count). The largest absolute Gasteiger partial charge is 0.513 e. The third-order valence-electron chi connectivity index (χ3n) is 1.73. The second-order valence-corrected chi connectivity index (χ2v) is 3.44. The molecule has 2 amide bonds. The fraction of sp³-hybridized carbons (Fsp3) is 0.200. The summed E-state index contributed by atoms with van der Waals surface area (Å²) in [6.07, 6.45) is -0.990.